The Hall–Kier alpha value is -2.64. The summed E-state index contributed by atoms with van der Waals surface area (Å²) < 4.78 is 65.8. The molecule has 0 unspecified atom stereocenters. The molecule has 2 rings (SSSR count). The zero-order valence-electron chi connectivity index (χ0n) is 11.6. The largest absolute Gasteiger partial charge is 0.380 e. The quantitative estimate of drug-likeness (QED) is 0.646. The minimum atomic E-state index is -1.70. The number of nitrogens with one attached hydrogen (secondary N) is 2. The van der Waals surface area contributed by atoms with Crippen LogP contribution in [0.5, 0.6) is 0 Å². The summed E-state index contributed by atoms with van der Waals surface area (Å²) >= 11 is 0. The van der Waals surface area contributed by atoms with Crippen LogP contribution in [0, 0.1) is 29.1 Å². The molecule has 0 heterocycles. The minimum Gasteiger partial charge on any atom is -0.380 e. The highest BCUT2D eigenvalue weighted by Crippen LogP contribution is 2.20. The number of amides is 1. The molecular weight excluding hydrogens is 319 g/mol. The normalized spacial score (nSPS) is 10.5. The number of anilines is 2. The molecule has 0 spiro atoms. The lowest BCUT2D eigenvalue weighted by Crippen LogP contribution is -2.18. The molecule has 122 valence electrons. The maximum Gasteiger partial charge on any atom is 0.226 e. The van der Waals surface area contributed by atoms with E-state index < -0.39 is 40.7 Å². The van der Waals surface area contributed by atoms with Crippen molar-refractivity contribution in [1.82, 2.24) is 0 Å². The summed E-state index contributed by atoms with van der Waals surface area (Å²) in [5.41, 5.74) is -0.912. The average Bonchev–Trinajstić information content (AvgIpc) is 2.51. The van der Waals surface area contributed by atoms with Crippen molar-refractivity contribution in [3.8, 4) is 0 Å². The number of carbonyl (C=O) groups is 1. The predicted molar refractivity (Wildman–Crippen MR) is 74.4 cm³/mol. The van der Waals surface area contributed by atoms with Crippen LogP contribution in [0.15, 0.2) is 30.3 Å². The molecule has 3 nitrogen and oxygen atoms in total. The summed E-state index contributed by atoms with van der Waals surface area (Å²) in [6.07, 6.45) is -0.272. The maximum atomic E-state index is 13.4. The lowest BCUT2D eigenvalue weighted by atomic mass is 10.2. The Morgan fingerprint density at radius 2 is 1.52 bits per heavy atom. The van der Waals surface area contributed by atoms with Crippen molar-refractivity contribution < 1.29 is 26.7 Å². The molecule has 0 atom stereocenters. The van der Waals surface area contributed by atoms with Gasteiger partial charge < -0.3 is 10.6 Å². The fourth-order valence-corrected chi connectivity index (χ4v) is 1.80. The first-order valence-corrected chi connectivity index (χ1v) is 6.51. The van der Waals surface area contributed by atoms with Gasteiger partial charge in [0.2, 0.25) is 5.91 Å². The van der Waals surface area contributed by atoms with Gasteiger partial charge in [-0.15, -0.1) is 0 Å². The Morgan fingerprint density at radius 3 is 2.17 bits per heavy atom. The van der Waals surface area contributed by atoms with Gasteiger partial charge in [-0.1, -0.05) is 6.07 Å². The van der Waals surface area contributed by atoms with E-state index in [0.717, 1.165) is 18.2 Å². The van der Waals surface area contributed by atoms with Crippen LogP contribution in [-0.2, 0) is 4.79 Å². The van der Waals surface area contributed by atoms with Crippen molar-refractivity contribution >= 4 is 17.3 Å². The third-order valence-electron chi connectivity index (χ3n) is 2.93. The van der Waals surface area contributed by atoms with E-state index >= 15 is 0 Å². The monoisotopic (exact) mass is 330 g/mol. The summed E-state index contributed by atoms with van der Waals surface area (Å²) in [5.74, 6) is -6.98. The van der Waals surface area contributed by atoms with Crippen molar-refractivity contribution in [1.29, 1.82) is 0 Å². The Morgan fingerprint density at radius 1 is 0.870 bits per heavy atom. The molecule has 0 aliphatic carbocycles. The van der Waals surface area contributed by atoms with E-state index in [4.69, 9.17) is 0 Å². The lowest BCUT2D eigenvalue weighted by Gasteiger charge is -2.10. The highest BCUT2D eigenvalue weighted by Gasteiger charge is 2.15. The molecule has 2 aromatic rings. The lowest BCUT2D eigenvalue weighted by molar-refractivity contribution is -0.116. The van der Waals surface area contributed by atoms with Gasteiger partial charge >= 0.3 is 0 Å². The van der Waals surface area contributed by atoms with E-state index in [9.17, 15) is 26.7 Å². The van der Waals surface area contributed by atoms with E-state index in [1.165, 1.54) is 6.07 Å². The Balaban J connectivity index is 1.92. The Kier molecular flexibility index (Phi) is 5.15. The van der Waals surface area contributed by atoms with Gasteiger partial charge in [-0.05, 0) is 24.3 Å². The summed E-state index contributed by atoms with van der Waals surface area (Å²) in [4.78, 5) is 11.6. The number of benzene rings is 2. The topological polar surface area (TPSA) is 41.1 Å². The van der Waals surface area contributed by atoms with Gasteiger partial charge in [-0.3, -0.25) is 4.79 Å². The molecule has 8 heteroatoms. The molecule has 0 aromatic heterocycles. The minimum absolute atomic E-state index is 0.144. The number of para-hydroxylation sites is 1. The number of carbonyl (C=O) groups excluding carboxylic acids is 1. The smallest absolute Gasteiger partial charge is 0.226 e. The molecule has 0 aliphatic rings. The van der Waals surface area contributed by atoms with E-state index in [0.29, 0.717) is 6.07 Å². The van der Waals surface area contributed by atoms with Crippen molar-refractivity contribution in [2.75, 3.05) is 17.2 Å². The van der Waals surface area contributed by atoms with Crippen LogP contribution in [0.1, 0.15) is 6.42 Å². The van der Waals surface area contributed by atoms with E-state index in [2.05, 4.69) is 5.32 Å². The molecular formula is C15H11F5N2O. The second-order valence-electron chi connectivity index (χ2n) is 4.54. The predicted octanol–water partition coefficient (Wildman–Crippen LogP) is 3.82. The maximum absolute atomic E-state index is 13.4. The van der Waals surface area contributed by atoms with Gasteiger partial charge in [0, 0.05) is 13.0 Å². The molecule has 0 bridgehead atoms. The number of hydrogen-bond donors (Lipinski definition) is 2. The van der Waals surface area contributed by atoms with Crippen LogP contribution in [0.3, 0.4) is 0 Å². The molecule has 0 fully saturated rings. The van der Waals surface area contributed by atoms with E-state index in [1.807, 2.05) is 5.32 Å². The summed E-state index contributed by atoms with van der Waals surface area (Å²) in [6, 6.07) is 4.81. The summed E-state index contributed by atoms with van der Waals surface area (Å²) in [7, 11) is 0. The van der Waals surface area contributed by atoms with E-state index in [1.54, 1.807) is 0 Å². The van der Waals surface area contributed by atoms with Gasteiger partial charge in [-0.25, -0.2) is 22.0 Å². The first kappa shape index (κ1) is 16.7. The van der Waals surface area contributed by atoms with Crippen molar-refractivity contribution in [3.63, 3.8) is 0 Å². The highest BCUT2D eigenvalue weighted by molar-refractivity contribution is 5.91. The van der Waals surface area contributed by atoms with Gasteiger partial charge in [0.25, 0.3) is 0 Å². The van der Waals surface area contributed by atoms with Gasteiger partial charge in [0.05, 0.1) is 5.69 Å². The Bertz CT molecular complexity index is 716. The van der Waals surface area contributed by atoms with Crippen molar-refractivity contribution in [2.24, 2.45) is 0 Å². The third-order valence-corrected chi connectivity index (χ3v) is 2.93. The standard InChI is InChI=1S/C15H11F5N2O/c16-8-4-5-11(14(20)13(8)19)22-12(23)6-7-21-15-9(17)2-1-3-10(15)18/h1-5,21H,6-7H2,(H,22,23). The third kappa shape index (κ3) is 3.97. The van der Waals surface area contributed by atoms with Gasteiger partial charge in [0.15, 0.2) is 17.5 Å². The first-order chi connectivity index (χ1) is 10.9. The molecule has 23 heavy (non-hydrogen) atoms. The molecule has 2 N–H and O–H groups in total. The van der Waals surface area contributed by atoms with E-state index in [-0.39, 0.29) is 18.7 Å². The molecule has 0 radical (unpaired) electrons. The fraction of sp³-hybridized carbons (Fsp3) is 0.133. The fourth-order valence-electron chi connectivity index (χ4n) is 1.80. The molecule has 0 saturated heterocycles. The zero-order chi connectivity index (χ0) is 17.0. The molecule has 0 aliphatic heterocycles. The Labute approximate surface area is 128 Å². The summed E-state index contributed by atoms with van der Waals surface area (Å²) in [5, 5.41) is 4.44. The molecule has 2 aromatic carbocycles. The average molecular weight is 330 g/mol. The second kappa shape index (κ2) is 7.08. The van der Waals surface area contributed by atoms with Crippen LogP contribution in [-0.4, -0.2) is 12.5 Å². The number of hydrogen-bond acceptors (Lipinski definition) is 2. The second-order valence-corrected chi connectivity index (χ2v) is 4.54. The SMILES string of the molecule is O=C(CCNc1c(F)cccc1F)Nc1ccc(F)c(F)c1F. The number of rotatable bonds is 5. The van der Waals surface area contributed by atoms with Crippen LogP contribution < -0.4 is 10.6 Å². The van der Waals surface area contributed by atoms with Crippen molar-refractivity contribution in [2.45, 2.75) is 6.42 Å². The van der Waals surface area contributed by atoms with Crippen LogP contribution >= 0.6 is 0 Å². The van der Waals surface area contributed by atoms with Crippen LogP contribution in [0.4, 0.5) is 33.3 Å². The van der Waals surface area contributed by atoms with Crippen LogP contribution in [0.25, 0.3) is 0 Å². The zero-order valence-corrected chi connectivity index (χ0v) is 11.6. The number of halogens is 5. The first-order valence-electron chi connectivity index (χ1n) is 6.51. The summed E-state index contributed by atoms with van der Waals surface area (Å²) in [6.45, 7) is -0.144. The highest BCUT2D eigenvalue weighted by atomic mass is 19.2. The van der Waals surface area contributed by atoms with Gasteiger partial charge in [-0.2, -0.15) is 0 Å². The van der Waals surface area contributed by atoms with Crippen LogP contribution in [0.2, 0.25) is 0 Å². The van der Waals surface area contributed by atoms with Gasteiger partial charge in [0.1, 0.15) is 17.3 Å². The molecule has 0 saturated carbocycles. The molecule has 1 amide bonds. The van der Waals surface area contributed by atoms with Crippen molar-refractivity contribution in [3.05, 3.63) is 59.4 Å².